The van der Waals surface area contributed by atoms with Crippen LogP contribution in [0.1, 0.15) is 11.1 Å². The molecule has 0 bridgehead atoms. The molecule has 156 valence electrons. The Balaban J connectivity index is 1.73. The van der Waals surface area contributed by atoms with Crippen LogP contribution in [0.5, 0.6) is 23.0 Å². The summed E-state index contributed by atoms with van der Waals surface area (Å²) in [5, 5.41) is 68.0. The van der Waals surface area contributed by atoms with E-state index in [0.717, 1.165) is 0 Å². The van der Waals surface area contributed by atoms with Gasteiger partial charge in [0.05, 0.1) is 6.61 Å². The number of aromatic hydroxyl groups is 3. The van der Waals surface area contributed by atoms with Crippen molar-refractivity contribution in [2.24, 2.45) is 0 Å². The van der Waals surface area contributed by atoms with E-state index in [0.29, 0.717) is 11.1 Å². The second-order valence-corrected chi connectivity index (χ2v) is 6.65. The fraction of sp³-hybridized carbons (Fsp3) is 0.300. The molecule has 1 aliphatic rings. The molecule has 7 N–H and O–H groups in total. The maximum atomic E-state index is 10.2. The number of hydrogen-bond donors (Lipinski definition) is 7. The summed E-state index contributed by atoms with van der Waals surface area (Å²) in [6.45, 7) is -0.579. The first-order valence-electron chi connectivity index (χ1n) is 8.80. The third-order valence-corrected chi connectivity index (χ3v) is 4.48. The molecule has 0 aromatic heterocycles. The van der Waals surface area contributed by atoms with Gasteiger partial charge in [-0.1, -0.05) is 12.2 Å². The molecule has 0 amide bonds. The first-order valence-corrected chi connectivity index (χ1v) is 8.80. The molecule has 3 rings (SSSR count). The lowest BCUT2D eigenvalue weighted by Gasteiger charge is -2.39. The molecule has 0 radical (unpaired) electrons. The summed E-state index contributed by atoms with van der Waals surface area (Å²) in [5.41, 5.74) is 0.928. The average molecular weight is 406 g/mol. The van der Waals surface area contributed by atoms with E-state index in [2.05, 4.69) is 0 Å². The zero-order valence-corrected chi connectivity index (χ0v) is 15.2. The quantitative estimate of drug-likeness (QED) is 0.343. The molecule has 5 atom stereocenters. The van der Waals surface area contributed by atoms with Crippen molar-refractivity contribution in [3.63, 3.8) is 0 Å². The number of benzene rings is 2. The molecular formula is C20H22O9. The molecule has 1 heterocycles. The summed E-state index contributed by atoms with van der Waals surface area (Å²) in [5.74, 6) is -0.235. The van der Waals surface area contributed by atoms with Crippen LogP contribution in [0, 0.1) is 0 Å². The Kier molecular flexibility index (Phi) is 6.26. The number of phenolic OH excluding ortho intramolecular Hbond substituents is 3. The van der Waals surface area contributed by atoms with Crippen LogP contribution in [0.25, 0.3) is 12.2 Å². The minimum Gasteiger partial charge on any atom is -0.508 e. The number of aliphatic hydroxyl groups is 4. The number of rotatable bonds is 5. The first kappa shape index (κ1) is 20.9. The summed E-state index contributed by atoms with van der Waals surface area (Å²) in [4.78, 5) is 0. The van der Waals surface area contributed by atoms with E-state index in [1.807, 2.05) is 0 Å². The van der Waals surface area contributed by atoms with Crippen molar-refractivity contribution in [3.8, 4) is 23.0 Å². The van der Waals surface area contributed by atoms with Crippen LogP contribution >= 0.6 is 0 Å². The Morgan fingerprint density at radius 1 is 0.862 bits per heavy atom. The van der Waals surface area contributed by atoms with Crippen molar-refractivity contribution in [1.82, 2.24) is 0 Å². The van der Waals surface area contributed by atoms with Gasteiger partial charge in [-0.05, 0) is 29.8 Å². The third-order valence-electron chi connectivity index (χ3n) is 4.48. The molecule has 29 heavy (non-hydrogen) atoms. The van der Waals surface area contributed by atoms with Gasteiger partial charge in [-0.15, -0.1) is 0 Å². The summed E-state index contributed by atoms with van der Waals surface area (Å²) >= 11 is 0. The van der Waals surface area contributed by atoms with Crippen molar-refractivity contribution < 1.29 is 45.2 Å². The van der Waals surface area contributed by atoms with Crippen molar-refractivity contribution in [3.05, 3.63) is 47.5 Å². The molecule has 9 nitrogen and oxygen atoms in total. The van der Waals surface area contributed by atoms with Gasteiger partial charge in [-0.3, -0.25) is 0 Å². The minimum absolute atomic E-state index is 0.0999. The van der Waals surface area contributed by atoms with E-state index in [4.69, 9.17) is 9.47 Å². The number of phenols is 3. The number of ether oxygens (including phenoxy) is 2. The Morgan fingerprint density at radius 3 is 2.17 bits per heavy atom. The zero-order valence-electron chi connectivity index (χ0n) is 15.2. The van der Waals surface area contributed by atoms with E-state index in [1.54, 1.807) is 12.2 Å². The van der Waals surface area contributed by atoms with Gasteiger partial charge in [0.2, 0.25) is 6.29 Å². The van der Waals surface area contributed by atoms with E-state index < -0.39 is 37.3 Å². The third kappa shape index (κ3) is 4.78. The van der Waals surface area contributed by atoms with Crippen LogP contribution in [0.2, 0.25) is 0 Å². The first-order chi connectivity index (χ1) is 13.8. The van der Waals surface area contributed by atoms with Gasteiger partial charge in [0, 0.05) is 17.7 Å². The van der Waals surface area contributed by atoms with E-state index >= 15 is 0 Å². The monoisotopic (exact) mass is 406 g/mol. The second-order valence-electron chi connectivity index (χ2n) is 6.65. The number of hydrogen-bond acceptors (Lipinski definition) is 9. The maximum absolute atomic E-state index is 10.2. The highest BCUT2D eigenvalue weighted by atomic mass is 16.7. The van der Waals surface area contributed by atoms with Crippen molar-refractivity contribution >= 4 is 12.2 Å². The fourth-order valence-corrected chi connectivity index (χ4v) is 2.94. The van der Waals surface area contributed by atoms with E-state index in [1.165, 1.54) is 36.4 Å². The Bertz CT molecular complexity index is 860. The van der Waals surface area contributed by atoms with Gasteiger partial charge in [-0.2, -0.15) is 0 Å². The largest absolute Gasteiger partial charge is 0.508 e. The zero-order chi connectivity index (χ0) is 21.1. The number of aliphatic hydroxyl groups excluding tert-OH is 4. The summed E-state index contributed by atoms with van der Waals surface area (Å²) in [6.07, 6.45) is -3.95. The molecule has 1 aliphatic heterocycles. The highest BCUT2D eigenvalue weighted by Gasteiger charge is 2.44. The molecule has 0 spiro atoms. The summed E-state index contributed by atoms with van der Waals surface area (Å²) in [7, 11) is 0. The van der Waals surface area contributed by atoms with E-state index in [9.17, 15) is 35.7 Å². The predicted octanol–water partition coefficient (Wildman–Crippen LogP) is 0.152. The van der Waals surface area contributed by atoms with Gasteiger partial charge >= 0.3 is 0 Å². The molecule has 1 fully saturated rings. The maximum Gasteiger partial charge on any atom is 0.229 e. The SMILES string of the molecule is OCC1OC(Oc2ccc(C=Cc3cc(O)cc(O)c3)c(O)c2)C(O)C(O)C1O. The summed E-state index contributed by atoms with van der Waals surface area (Å²) < 4.78 is 10.7. The van der Waals surface area contributed by atoms with Crippen LogP contribution in [0.15, 0.2) is 36.4 Å². The lowest BCUT2D eigenvalue weighted by molar-refractivity contribution is -0.277. The highest BCUT2D eigenvalue weighted by molar-refractivity contribution is 5.73. The van der Waals surface area contributed by atoms with Crippen molar-refractivity contribution in [2.45, 2.75) is 30.7 Å². The Labute approximate surface area is 165 Å². The summed E-state index contributed by atoms with van der Waals surface area (Å²) in [6, 6.07) is 8.34. The van der Waals surface area contributed by atoms with Crippen LogP contribution in [-0.2, 0) is 4.74 Å². The molecule has 9 heteroatoms. The molecule has 2 aromatic carbocycles. The second kappa shape index (κ2) is 8.68. The standard InChI is InChI=1S/C20H22O9/c21-9-16-17(25)18(26)19(27)20(29-16)28-14-4-3-11(15(24)8-14)2-1-10-5-12(22)7-13(23)6-10/h1-8,16-27H,9H2. The average Bonchev–Trinajstić information content (AvgIpc) is 2.67. The molecule has 0 aliphatic carbocycles. The van der Waals surface area contributed by atoms with Crippen LogP contribution < -0.4 is 4.74 Å². The van der Waals surface area contributed by atoms with Crippen LogP contribution in [-0.4, -0.2) is 73.1 Å². The van der Waals surface area contributed by atoms with Crippen molar-refractivity contribution in [2.75, 3.05) is 6.61 Å². The normalized spacial score (nSPS) is 27.2. The minimum atomic E-state index is -1.57. The molecule has 2 aromatic rings. The lowest BCUT2D eigenvalue weighted by atomic mass is 9.99. The molecule has 1 saturated heterocycles. The van der Waals surface area contributed by atoms with Gasteiger partial charge in [0.15, 0.2) is 0 Å². The Hall–Kier alpha value is -2.82. The van der Waals surface area contributed by atoms with Crippen LogP contribution in [0.3, 0.4) is 0 Å². The van der Waals surface area contributed by atoms with Gasteiger partial charge in [0.25, 0.3) is 0 Å². The van der Waals surface area contributed by atoms with E-state index in [-0.39, 0.29) is 23.0 Å². The molecular weight excluding hydrogens is 384 g/mol. The van der Waals surface area contributed by atoms with Gasteiger partial charge in [-0.25, -0.2) is 0 Å². The lowest BCUT2D eigenvalue weighted by Crippen LogP contribution is -2.60. The topological polar surface area (TPSA) is 160 Å². The van der Waals surface area contributed by atoms with Crippen LogP contribution in [0.4, 0.5) is 0 Å². The smallest absolute Gasteiger partial charge is 0.229 e. The molecule has 5 unspecified atom stereocenters. The Morgan fingerprint density at radius 2 is 1.55 bits per heavy atom. The molecule has 0 saturated carbocycles. The fourth-order valence-electron chi connectivity index (χ4n) is 2.94. The predicted molar refractivity (Wildman–Crippen MR) is 101 cm³/mol. The van der Waals surface area contributed by atoms with Crippen molar-refractivity contribution in [1.29, 1.82) is 0 Å². The highest BCUT2D eigenvalue weighted by Crippen LogP contribution is 2.29. The van der Waals surface area contributed by atoms with Gasteiger partial charge in [0.1, 0.15) is 47.4 Å². The van der Waals surface area contributed by atoms with Gasteiger partial charge < -0.3 is 45.2 Å².